The lowest BCUT2D eigenvalue weighted by molar-refractivity contribution is 0.199. The average Bonchev–Trinajstić information content (AvgIpc) is 2.77. The zero-order valence-corrected chi connectivity index (χ0v) is 12.3. The molecule has 0 radical (unpaired) electrons. The van der Waals surface area contributed by atoms with E-state index in [2.05, 4.69) is 25.7 Å². The summed E-state index contributed by atoms with van der Waals surface area (Å²) in [5.74, 6) is 0.352. The first kappa shape index (κ1) is 14.3. The fourth-order valence-electron chi connectivity index (χ4n) is 2.83. The second-order valence-electron chi connectivity index (χ2n) is 6.68. The summed E-state index contributed by atoms with van der Waals surface area (Å²) in [7, 11) is 0. The molecule has 0 amide bonds. The first-order chi connectivity index (χ1) is 8.79. The van der Waals surface area contributed by atoms with Crippen LogP contribution in [0.5, 0.6) is 0 Å². The van der Waals surface area contributed by atoms with E-state index in [4.69, 9.17) is 0 Å². The minimum Gasteiger partial charge on any atom is -0.389 e. The standard InChI is InChI=1S/C16H24FNO/c1-11(19)14-9-13(17)5-6-15(14)18-8-7-12(10-18)16(2,3)4/h5-6,9,11-12,19H,7-8,10H2,1-4H3/t11-,12?/m0/s1. The van der Waals surface area contributed by atoms with Crippen LogP contribution in [0, 0.1) is 17.2 Å². The van der Waals surface area contributed by atoms with Crippen LogP contribution in [0.1, 0.15) is 45.8 Å². The van der Waals surface area contributed by atoms with Gasteiger partial charge < -0.3 is 10.0 Å². The highest BCUT2D eigenvalue weighted by atomic mass is 19.1. The molecule has 19 heavy (non-hydrogen) atoms. The Labute approximate surface area is 115 Å². The van der Waals surface area contributed by atoms with Crippen molar-refractivity contribution >= 4 is 5.69 Å². The molecule has 106 valence electrons. The van der Waals surface area contributed by atoms with E-state index in [9.17, 15) is 9.50 Å². The van der Waals surface area contributed by atoms with Crippen molar-refractivity contribution in [3.63, 3.8) is 0 Å². The zero-order valence-electron chi connectivity index (χ0n) is 12.3. The van der Waals surface area contributed by atoms with Gasteiger partial charge in [-0.1, -0.05) is 20.8 Å². The Morgan fingerprint density at radius 1 is 1.37 bits per heavy atom. The number of halogens is 1. The second kappa shape index (κ2) is 5.12. The molecule has 2 atom stereocenters. The van der Waals surface area contributed by atoms with E-state index >= 15 is 0 Å². The van der Waals surface area contributed by atoms with Crippen molar-refractivity contribution in [2.75, 3.05) is 18.0 Å². The third kappa shape index (κ3) is 3.08. The molecule has 1 N–H and O–H groups in total. The van der Waals surface area contributed by atoms with E-state index in [1.807, 2.05) is 0 Å². The largest absolute Gasteiger partial charge is 0.389 e. The molecule has 1 unspecified atom stereocenters. The van der Waals surface area contributed by atoms with Crippen molar-refractivity contribution in [1.82, 2.24) is 0 Å². The van der Waals surface area contributed by atoms with Crippen molar-refractivity contribution in [3.8, 4) is 0 Å². The van der Waals surface area contributed by atoms with Crippen LogP contribution in [0.25, 0.3) is 0 Å². The van der Waals surface area contributed by atoms with Crippen molar-refractivity contribution in [3.05, 3.63) is 29.6 Å². The average molecular weight is 265 g/mol. The van der Waals surface area contributed by atoms with Gasteiger partial charge in [0, 0.05) is 24.3 Å². The van der Waals surface area contributed by atoms with Crippen LogP contribution in [0.4, 0.5) is 10.1 Å². The first-order valence-electron chi connectivity index (χ1n) is 7.01. The SMILES string of the molecule is C[C@H](O)c1cc(F)ccc1N1CCC(C(C)(C)C)C1. The number of nitrogens with zero attached hydrogens (tertiary/aromatic N) is 1. The molecule has 2 nitrogen and oxygen atoms in total. The van der Waals surface area contributed by atoms with E-state index in [1.165, 1.54) is 12.1 Å². The van der Waals surface area contributed by atoms with Gasteiger partial charge in [-0.3, -0.25) is 0 Å². The molecule has 3 heteroatoms. The number of hydrogen-bond acceptors (Lipinski definition) is 2. The van der Waals surface area contributed by atoms with E-state index in [-0.39, 0.29) is 5.82 Å². The van der Waals surface area contributed by atoms with Crippen LogP contribution in [0.15, 0.2) is 18.2 Å². The minimum atomic E-state index is -0.639. The Hall–Kier alpha value is -1.09. The summed E-state index contributed by atoms with van der Waals surface area (Å²) in [6.07, 6.45) is 0.513. The van der Waals surface area contributed by atoms with Gasteiger partial charge in [0.1, 0.15) is 5.82 Å². The fourth-order valence-corrected chi connectivity index (χ4v) is 2.83. The van der Waals surface area contributed by atoms with Crippen LogP contribution >= 0.6 is 0 Å². The van der Waals surface area contributed by atoms with Gasteiger partial charge in [-0.15, -0.1) is 0 Å². The lowest BCUT2D eigenvalue weighted by Crippen LogP contribution is -2.26. The Bertz CT molecular complexity index is 451. The number of hydrogen-bond donors (Lipinski definition) is 1. The Balaban J connectivity index is 2.24. The lowest BCUT2D eigenvalue weighted by Gasteiger charge is -2.28. The van der Waals surface area contributed by atoms with Gasteiger partial charge in [0.25, 0.3) is 0 Å². The van der Waals surface area contributed by atoms with E-state index in [1.54, 1.807) is 13.0 Å². The molecule has 0 bridgehead atoms. The maximum Gasteiger partial charge on any atom is 0.123 e. The number of rotatable bonds is 2. The number of aliphatic hydroxyl groups excluding tert-OH is 1. The molecular formula is C16H24FNO. The highest BCUT2D eigenvalue weighted by Crippen LogP contribution is 2.37. The Kier molecular flexibility index (Phi) is 3.86. The molecule has 1 aliphatic rings. The summed E-state index contributed by atoms with van der Waals surface area (Å²) >= 11 is 0. The monoisotopic (exact) mass is 265 g/mol. The van der Waals surface area contributed by atoms with Gasteiger partial charge in [-0.05, 0) is 42.9 Å². The summed E-state index contributed by atoms with van der Waals surface area (Å²) < 4.78 is 13.3. The molecule has 1 aliphatic heterocycles. The third-order valence-electron chi connectivity index (χ3n) is 4.19. The minimum absolute atomic E-state index is 0.286. The molecule has 0 aromatic heterocycles. The van der Waals surface area contributed by atoms with Crippen LogP contribution in [0.3, 0.4) is 0 Å². The predicted molar refractivity (Wildman–Crippen MR) is 76.8 cm³/mol. The molecule has 1 saturated heterocycles. The molecule has 1 heterocycles. The summed E-state index contributed by atoms with van der Waals surface area (Å²) in [6.45, 7) is 10.4. The van der Waals surface area contributed by atoms with E-state index in [0.717, 1.165) is 25.2 Å². The van der Waals surface area contributed by atoms with Gasteiger partial charge >= 0.3 is 0 Å². The van der Waals surface area contributed by atoms with Gasteiger partial charge in [0.05, 0.1) is 6.10 Å². The molecular weight excluding hydrogens is 241 g/mol. The molecule has 0 saturated carbocycles. The summed E-state index contributed by atoms with van der Waals surface area (Å²) in [4.78, 5) is 2.28. The highest BCUT2D eigenvalue weighted by Gasteiger charge is 2.32. The predicted octanol–water partition coefficient (Wildman–Crippen LogP) is 3.75. The van der Waals surface area contributed by atoms with Crippen molar-refractivity contribution < 1.29 is 9.50 Å². The number of anilines is 1. The fraction of sp³-hybridized carbons (Fsp3) is 0.625. The van der Waals surface area contributed by atoms with Crippen molar-refractivity contribution in [1.29, 1.82) is 0 Å². The lowest BCUT2D eigenvalue weighted by atomic mass is 9.80. The molecule has 0 aliphatic carbocycles. The quantitative estimate of drug-likeness (QED) is 0.880. The summed E-state index contributed by atoms with van der Waals surface area (Å²) in [5, 5.41) is 9.82. The van der Waals surface area contributed by atoms with Crippen molar-refractivity contribution in [2.45, 2.75) is 40.2 Å². The third-order valence-corrected chi connectivity index (χ3v) is 4.19. The van der Waals surface area contributed by atoms with Gasteiger partial charge in [0.2, 0.25) is 0 Å². The van der Waals surface area contributed by atoms with Gasteiger partial charge in [-0.2, -0.15) is 0 Å². The summed E-state index contributed by atoms with van der Waals surface area (Å²) in [5.41, 5.74) is 1.96. The van der Waals surface area contributed by atoms with Crippen LogP contribution in [-0.4, -0.2) is 18.2 Å². The molecule has 1 aromatic carbocycles. The topological polar surface area (TPSA) is 23.5 Å². The molecule has 2 rings (SSSR count). The molecule has 1 fully saturated rings. The Morgan fingerprint density at radius 3 is 2.58 bits per heavy atom. The van der Waals surface area contributed by atoms with E-state index < -0.39 is 6.10 Å². The normalized spacial score (nSPS) is 21.8. The summed E-state index contributed by atoms with van der Waals surface area (Å²) in [6, 6.07) is 4.72. The molecule has 1 aromatic rings. The van der Waals surface area contributed by atoms with Crippen LogP contribution in [-0.2, 0) is 0 Å². The maximum atomic E-state index is 13.3. The maximum absolute atomic E-state index is 13.3. The van der Waals surface area contributed by atoms with Crippen LogP contribution < -0.4 is 4.90 Å². The van der Waals surface area contributed by atoms with Gasteiger partial charge in [0.15, 0.2) is 0 Å². The van der Waals surface area contributed by atoms with Crippen molar-refractivity contribution in [2.24, 2.45) is 11.3 Å². The molecule has 0 spiro atoms. The zero-order chi connectivity index (χ0) is 14.2. The number of aliphatic hydroxyl groups is 1. The number of benzene rings is 1. The highest BCUT2D eigenvalue weighted by molar-refractivity contribution is 5.55. The van der Waals surface area contributed by atoms with Crippen LogP contribution in [0.2, 0.25) is 0 Å². The first-order valence-corrected chi connectivity index (χ1v) is 7.01. The van der Waals surface area contributed by atoms with E-state index in [0.29, 0.717) is 16.9 Å². The Morgan fingerprint density at radius 2 is 2.05 bits per heavy atom. The smallest absolute Gasteiger partial charge is 0.123 e. The van der Waals surface area contributed by atoms with Gasteiger partial charge in [-0.25, -0.2) is 4.39 Å². The second-order valence-corrected chi connectivity index (χ2v) is 6.68.